The Hall–Kier alpha value is -0.0500. The molecule has 0 atom stereocenters. The smallest absolute Gasteiger partial charge is 0.220 e. The maximum absolute atomic E-state index is 10.1. The number of nitrogens with one attached hydrogen (secondary N) is 1. The molecule has 0 aromatic rings. The summed E-state index contributed by atoms with van der Waals surface area (Å²) in [4.78, 5) is 10.1. The van der Waals surface area contributed by atoms with Gasteiger partial charge in [-0.05, 0) is 18.8 Å². The van der Waals surface area contributed by atoms with Gasteiger partial charge in [0.2, 0.25) is 5.91 Å². The van der Waals surface area contributed by atoms with Crippen LogP contribution in [0.1, 0.15) is 39.5 Å². The number of halogens is 1. The van der Waals surface area contributed by atoms with E-state index in [1.54, 1.807) is 0 Å². The molecule has 13 heavy (non-hydrogen) atoms. The van der Waals surface area contributed by atoms with Crippen LogP contribution in [0.2, 0.25) is 0 Å². The zero-order chi connectivity index (χ0) is 10.1. The molecule has 1 saturated heterocycles. The van der Waals surface area contributed by atoms with Crippen molar-refractivity contribution >= 4 is 21.8 Å². The molecule has 1 fully saturated rings. The molecular formula is C10H20BrNO. The fourth-order valence-corrected chi connectivity index (χ4v) is 1.37. The van der Waals surface area contributed by atoms with E-state index in [1.165, 1.54) is 12.8 Å². The van der Waals surface area contributed by atoms with Gasteiger partial charge < -0.3 is 5.32 Å². The molecule has 0 bridgehead atoms. The van der Waals surface area contributed by atoms with Crippen molar-refractivity contribution in [1.82, 2.24) is 5.32 Å². The Morgan fingerprint density at radius 3 is 2.38 bits per heavy atom. The molecule has 1 amide bonds. The number of alkyl halides is 1. The molecule has 0 unspecified atom stereocenters. The summed E-state index contributed by atoms with van der Waals surface area (Å²) in [6.07, 6.45) is 4.43. The van der Waals surface area contributed by atoms with E-state index in [1.807, 2.05) is 0 Å². The minimum atomic E-state index is 0.204. The van der Waals surface area contributed by atoms with Crippen LogP contribution in [0, 0.1) is 5.92 Å². The van der Waals surface area contributed by atoms with Gasteiger partial charge in [-0.2, -0.15) is 0 Å². The second-order valence-electron chi connectivity index (χ2n) is 3.68. The topological polar surface area (TPSA) is 29.1 Å². The van der Waals surface area contributed by atoms with Crippen LogP contribution in [0.5, 0.6) is 0 Å². The summed E-state index contributed by atoms with van der Waals surface area (Å²) in [5.74, 6) is 1.08. The van der Waals surface area contributed by atoms with E-state index >= 15 is 0 Å². The zero-order valence-corrected chi connectivity index (χ0v) is 10.2. The highest BCUT2D eigenvalue weighted by Crippen LogP contribution is 2.03. The van der Waals surface area contributed by atoms with Crippen LogP contribution in [0.4, 0.5) is 0 Å². The van der Waals surface area contributed by atoms with Gasteiger partial charge in [-0.1, -0.05) is 36.2 Å². The summed E-state index contributed by atoms with van der Waals surface area (Å²) in [5.41, 5.74) is 0. The van der Waals surface area contributed by atoms with Gasteiger partial charge in [0, 0.05) is 18.3 Å². The van der Waals surface area contributed by atoms with Gasteiger partial charge in [-0.25, -0.2) is 0 Å². The molecule has 0 aromatic heterocycles. The monoisotopic (exact) mass is 249 g/mol. The van der Waals surface area contributed by atoms with Gasteiger partial charge in [-0.15, -0.1) is 0 Å². The van der Waals surface area contributed by atoms with Crippen molar-refractivity contribution in [3.8, 4) is 0 Å². The number of amides is 1. The van der Waals surface area contributed by atoms with Gasteiger partial charge >= 0.3 is 0 Å². The largest absolute Gasteiger partial charge is 0.356 e. The van der Waals surface area contributed by atoms with Gasteiger partial charge in [0.25, 0.3) is 0 Å². The molecule has 0 spiro atoms. The van der Waals surface area contributed by atoms with Crippen molar-refractivity contribution < 1.29 is 4.79 Å². The van der Waals surface area contributed by atoms with E-state index in [-0.39, 0.29) is 5.91 Å². The maximum atomic E-state index is 10.1. The lowest BCUT2D eigenvalue weighted by molar-refractivity contribution is -0.119. The maximum Gasteiger partial charge on any atom is 0.220 e. The Morgan fingerprint density at radius 2 is 2.23 bits per heavy atom. The molecule has 0 aromatic carbocycles. The molecule has 0 radical (unpaired) electrons. The molecule has 2 nitrogen and oxygen atoms in total. The third kappa shape index (κ3) is 9.87. The number of carbonyl (C=O) groups excluding carboxylic acids is 1. The van der Waals surface area contributed by atoms with Crippen molar-refractivity contribution in [3.63, 3.8) is 0 Å². The number of carbonyl (C=O) groups is 1. The van der Waals surface area contributed by atoms with E-state index in [2.05, 4.69) is 35.1 Å². The van der Waals surface area contributed by atoms with Crippen LogP contribution >= 0.6 is 15.9 Å². The lowest BCUT2D eigenvalue weighted by Crippen LogP contribution is -2.12. The van der Waals surface area contributed by atoms with E-state index in [0.717, 1.165) is 30.6 Å². The average molecular weight is 250 g/mol. The predicted molar refractivity (Wildman–Crippen MR) is 60.1 cm³/mol. The highest BCUT2D eigenvalue weighted by molar-refractivity contribution is 9.09. The molecular weight excluding hydrogens is 230 g/mol. The molecule has 1 aliphatic rings. The summed E-state index contributed by atoms with van der Waals surface area (Å²) in [6, 6.07) is 0. The summed E-state index contributed by atoms with van der Waals surface area (Å²) in [7, 11) is 0. The SMILES string of the molecule is CC(C)CCCBr.O=C1CCCN1. The van der Waals surface area contributed by atoms with Gasteiger partial charge in [0.1, 0.15) is 0 Å². The Kier molecular flexibility index (Phi) is 8.51. The first-order valence-electron chi connectivity index (χ1n) is 4.99. The third-order valence-electron chi connectivity index (χ3n) is 1.82. The molecule has 78 valence electrons. The first kappa shape index (κ1) is 12.9. The highest BCUT2D eigenvalue weighted by Gasteiger charge is 2.05. The summed E-state index contributed by atoms with van der Waals surface area (Å²) >= 11 is 3.38. The van der Waals surface area contributed by atoms with Crippen LogP contribution < -0.4 is 5.32 Å². The second kappa shape index (κ2) is 8.54. The first-order chi connectivity index (χ1) is 6.16. The molecule has 0 aliphatic carbocycles. The highest BCUT2D eigenvalue weighted by atomic mass is 79.9. The van der Waals surface area contributed by atoms with Gasteiger partial charge in [0.15, 0.2) is 0 Å². The van der Waals surface area contributed by atoms with Crippen LogP contribution in [0.3, 0.4) is 0 Å². The van der Waals surface area contributed by atoms with E-state index in [9.17, 15) is 4.79 Å². The third-order valence-corrected chi connectivity index (χ3v) is 2.38. The van der Waals surface area contributed by atoms with Crippen molar-refractivity contribution in [2.75, 3.05) is 11.9 Å². The van der Waals surface area contributed by atoms with Crippen LogP contribution in [-0.4, -0.2) is 17.8 Å². The van der Waals surface area contributed by atoms with Crippen LogP contribution in [-0.2, 0) is 4.79 Å². The van der Waals surface area contributed by atoms with Crippen molar-refractivity contribution in [2.45, 2.75) is 39.5 Å². The fraction of sp³-hybridized carbons (Fsp3) is 0.900. The summed E-state index contributed by atoms with van der Waals surface area (Å²) in [5, 5.41) is 3.84. The van der Waals surface area contributed by atoms with E-state index in [0.29, 0.717) is 0 Å². The molecule has 1 heterocycles. The Morgan fingerprint density at radius 1 is 1.54 bits per heavy atom. The van der Waals surface area contributed by atoms with Crippen LogP contribution in [0.25, 0.3) is 0 Å². The standard InChI is InChI=1S/C6H13Br.C4H7NO/c1-6(2)4-3-5-7;6-4-2-1-3-5-4/h6H,3-5H2,1-2H3;1-3H2,(H,5,6). The average Bonchev–Trinajstić information content (AvgIpc) is 2.53. The molecule has 0 saturated carbocycles. The molecule has 1 N–H and O–H groups in total. The Bertz CT molecular complexity index is 129. The van der Waals surface area contributed by atoms with Crippen molar-refractivity contribution in [2.24, 2.45) is 5.92 Å². The minimum absolute atomic E-state index is 0.204. The number of rotatable bonds is 3. The Balaban J connectivity index is 0.000000223. The Labute approximate surface area is 89.6 Å². The fourth-order valence-electron chi connectivity index (χ4n) is 1.05. The molecule has 1 rings (SSSR count). The minimum Gasteiger partial charge on any atom is -0.356 e. The summed E-state index contributed by atoms with van der Waals surface area (Å²) < 4.78 is 0. The van der Waals surface area contributed by atoms with E-state index in [4.69, 9.17) is 0 Å². The van der Waals surface area contributed by atoms with Crippen molar-refractivity contribution in [3.05, 3.63) is 0 Å². The van der Waals surface area contributed by atoms with E-state index < -0.39 is 0 Å². The zero-order valence-electron chi connectivity index (χ0n) is 8.61. The van der Waals surface area contributed by atoms with Gasteiger partial charge in [-0.3, -0.25) is 4.79 Å². The first-order valence-corrected chi connectivity index (χ1v) is 6.11. The second-order valence-corrected chi connectivity index (χ2v) is 4.47. The van der Waals surface area contributed by atoms with Gasteiger partial charge in [0.05, 0.1) is 0 Å². The normalized spacial score (nSPS) is 15.2. The summed E-state index contributed by atoms with van der Waals surface area (Å²) in [6.45, 7) is 5.39. The quantitative estimate of drug-likeness (QED) is 0.766. The molecule has 3 heteroatoms. The molecule has 1 aliphatic heterocycles. The lowest BCUT2D eigenvalue weighted by atomic mass is 10.1. The number of hydrogen-bond donors (Lipinski definition) is 1. The van der Waals surface area contributed by atoms with Crippen molar-refractivity contribution in [1.29, 1.82) is 0 Å². The van der Waals surface area contributed by atoms with Crippen LogP contribution in [0.15, 0.2) is 0 Å². The number of hydrogen-bond acceptors (Lipinski definition) is 1. The lowest BCUT2D eigenvalue weighted by Gasteiger charge is -1.98. The predicted octanol–water partition coefficient (Wildman–Crippen LogP) is 2.71.